The van der Waals surface area contributed by atoms with Crippen LogP contribution < -0.4 is 10.1 Å². The van der Waals surface area contributed by atoms with E-state index in [0.717, 1.165) is 17.1 Å². The van der Waals surface area contributed by atoms with Gasteiger partial charge in [0.25, 0.3) is 0 Å². The van der Waals surface area contributed by atoms with Crippen LogP contribution in [0.4, 0.5) is 0 Å². The van der Waals surface area contributed by atoms with Crippen molar-refractivity contribution in [3.8, 4) is 11.5 Å². The van der Waals surface area contributed by atoms with Crippen LogP contribution in [0.5, 0.6) is 11.5 Å². The summed E-state index contributed by atoms with van der Waals surface area (Å²) in [6.07, 6.45) is 3.78. The fraction of sp³-hybridized carbons (Fsp3) is 0.211. The molecule has 0 bridgehead atoms. The number of methoxy groups -OCH3 is 1. The SMILES string of the molecule is COC(=O)[C@H](CO)NCC=Cc1cccc(Oc2ccccc2)c1. The zero-order valence-electron chi connectivity index (χ0n) is 13.5. The largest absolute Gasteiger partial charge is 0.468 e. The average molecular weight is 327 g/mol. The van der Waals surface area contributed by atoms with Crippen molar-refractivity contribution in [3.63, 3.8) is 0 Å². The molecule has 0 aliphatic rings. The molecule has 0 saturated carbocycles. The van der Waals surface area contributed by atoms with Crippen molar-refractivity contribution in [1.82, 2.24) is 5.32 Å². The Kier molecular flexibility index (Phi) is 7.01. The second kappa shape index (κ2) is 9.50. The number of esters is 1. The lowest BCUT2D eigenvalue weighted by molar-refractivity contribution is -0.144. The third-order valence-corrected chi connectivity index (χ3v) is 3.30. The maximum Gasteiger partial charge on any atom is 0.325 e. The first-order valence-corrected chi connectivity index (χ1v) is 7.64. The smallest absolute Gasteiger partial charge is 0.325 e. The number of hydrogen-bond donors (Lipinski definition) is 2. The van der Waals surface area contributed by atoms with E-state index in [0.29, 0.717) is 6.54 Å². The van der Waals surface area contributed by atoms with Gasteiger partial charge in [-0.3, -0.25) is 10.1 Å². The lowest BCUT2D eigenvalue weighted by Crippen LogP contribution is -2.40. The molecule has 2 aromatic carbocycles. The van der Waals surface area contributed by atoms with E-state index in [4.69, 9.17) is 9.84 Å². The third-order valence-electron chi connectivity index (χ3n) is 3.30. The van der Waals surface area contributed by atoms with Crippen molar-refractivity contribution in [3.05, 3.63) is 66.2 Å². The molecule has 0 spiro atoms. The summed E-state index contributed by atoms with van der Waals surface area (Å²) in [6, 6.07) is 16.5. The van der Waals surface area contributed by atoms with Crippen molar-refractivity contribution >= 4 is 12.0 Å². The second-order valence-corrected chi connectivity index (χ2v) is 5.06. The summed E-state index contributed by atoms with van der Waals surface area (Å²) in [5.41, 5.74) is 0.976. The van der Waals surface area contributed by atoms with Crippen molar-refractivity contribution in [2.45, 2.75) is 6.04 Å². The van der Waals surface area contributed by atoms with E-state index in [-0.39, 0.29) is 6.61 Å². The van der Waals surface area contributed by atoms with Crippen molar-refractivity contribution in [2.24, 2.45) is 0 Å². The fourth-order valence-corrected chi connectivity index (χ4v) is 2.08. The van der Waals surface area contributed by atoms with Gasteiger partial charge in [0.05, 0.1) is 13.7 Å². The Balaban J connectivity index is 1.90. The van der Waals surface area contributed by atoms with Gasteiger partial charge in [-0.15, -0.1) is 0 Å². The predicted octanol–water partition coefficient (Wildman–Crippen LogP) is 2.62. The molecule has 0 saturated heterocycles. The maximum absolute atomic E-state index is 11.3. The van der Waals surface area contributed by atoms with Crippen LogP contribution in [-0.4, -0.2) is 37.4 Å². The van der Waals surface area contributed by atoms with Crippen molar-refractivity contribution in [2.75, 3.05) is 20.3 Å². The fourth-order valence-electron chi connectivity index (χ4n) is 2.08. The van der Waals surface area contributed by atoms with E-state index in [2.05, 4.69) is 10.1 Å². The normalized spacial score (nSPS) is 12.1. The minimum Gasteiger partial charge on any atom is -0.468 e. The van der Waals surface area contributed by atoms with Crippen LogP contribution in [0.15, 0.2) is 60.7 Å². The molecule has 0 heterocycles. The summed E-state index contributed by atoms with van der Waals surface area (Å²) >= 11 is 0. The Bertz CT molecular complexity index is 670. The molecule has 0 amide bonds. The van der Waals surface area contributed by atoms with E-state index < -0.39 is 12.0 Å². The molecule has 0 unspecified atom stereocenters. The Hall–Kier alpha value is -2.63. The van der Waals surface area contributed by atoms with Crippen molar-refractivity contribution in [1.29, 1.82) is 0 Å². The summed E-state index contributed by atoms with van der Waals surface area (Å²) in [7, 11) is 1.29. The number of para-hydroxylation sites is 1. The lowest BCUT2D eigenvalue weighted by Gasteiger charge is -2.11. The lowest BCUT2D eigenvalue weighted by atomic mass is 10.2. The number of aliphatic hydroxyl groups excluding tert-OH is 1. The quantitative estimate of drug-likeness (QED) is 0.730. The number of rotatable bonds is 8. The molecule has 0 radical (unpaired) electrons. The van der Waals surface area contributed by atoms with Crippen LogP contribution in [0.2, 0.25) is 0 Å². The highest BCUT2D eigenvalue weighted by Gasteiger charge is 2.15. The van der Waals surface area contributed by atoms with E-state index >= 15 is 0 Å². The van der Waals surface area contributed by atoms with Crippen molar-refractivity contribution < 1.29 is 19.4 Å². The topological polar surface area (TPSA) is 67.8 Å². The molecule has 2 aromatic rings. The van der Waals surface area contributed by atoms with E-state index in [1.165, 1.54) is 7.11 Å². The van der Waals surface area contributed by atoms with Crippen LogP contribution in [0.3, 0.4) is 0 Å². The molecule has 2 rings (SSSR count). The number of carbonyl (C=O) groups is 1. The van der Waals surface area contributed by atoms with Gasteiger partial charge >= 0.3 is 5.97 Å². The number of ether oxygens (including phenoxy) is 2. The first kappa shape index (κ1) is 17.7. The number of benzene rings is 2. The van der Waals surface area contributed by atoms with Crippen LogP contribution >= 0.6 is 0 Å². The molecule has 5 heteroatoms. The molecule has 2 N–H and O–H groups in total. The summed E-state index contributed by atoms with van der Waals surface area (Å²) in [5.74, 6) is 1.05. The minimum absolute atomic E-state index is 0.305. The first-order valence-electron chi connectivity index (χ1n) is 7.64. The van der Waals surface area contributed by atoms with Gasteiger partial charge in [-0.25, -0.2) is 0 Å². The summed E-state index contributed by atoms with van der Waals surface area (Å²) in [5, 5.41) is 12.0. The van der Waals surface area contributed by atoms with Crippen LogP contribution in [-0.2, 0) is 9.53 Å². The van der Waals surface area contributed by atoms with Gasteiger partial charge in [-0.05, 0) is 29.8 Å². The molecule has 0 aromatic heterocycles. The van der Waals surface area contributed by atoms with Gasteiger partial charge in [0, 0.05) is 6.54 Å². The van der Waals surface area contributed by atoms with Gasteiger partial charge in [0.15, 0.2) is 0 Å². The maximum atomic E-state index is 11.3. The number of hydrogen-bond acceptors (Lipinski definition) is 5. The zero-order chi connectivity index (χ0) is 17.2. The minimum atomic E-state index is -0.715. The molecule has 5 nitrogen and oxygen atoms in total. The summed E-state index contributed by atoms with van der Waals surface area (Å²) in [4.78, 5) is 11.3. The van der Waals surface area contributed by atoms with Crippen LogP contribution in [0.25, 0.3) is 6.08 Å². The van der Waals surface area contributed by atoms with E-state index in [9.17, 15) is 4.79 Å². The van der Waals surface area contributed by atoms with Gasteiger partial charge in [0.1, 0.15) is 17.5 Å². The molecule has 0 fully saturated rings. The summed E-state index contributed by atoms with van der Waals surface area (Å²) < 4.78 is 10.4. The highest BCUT2D eigenvalue weighted by atomic mass is 16.5. The molecular formula is C19H21NO4. The highest BCUT2D eigenvalue weighted by molar-refractivity contribution is 5.75. The Morgan fingerprint density at radius 2 is 1.92 bits per heavy atom. The molecule has 1 atom stereocenters. The number of nitrogens with one attached hydrogen (secondary N) is 1. The zero-order valence-corrected chi connectivity index (χ0v) is 13.5. The third kappa shape index (κ3) is 5.53. The molecule has 126 valence electrons. The number of carbonyl (C=O) groups excluding carboxylic acids is 1. The first-order chi connectivity index (χ1) is 11.7. The second-order valence-electron chi connectivity index (χ2n) is 5.06. The molecule has 0 aliphatic carbocycles. The van der Waals surface area contributed by atoms with Gasteiger partial charge in [0.2, 0.25) is 0 Å². The summed E-state index contributed by atoms with van der Waals surface area (Å²) in [6.45, 7) is 0.130. The van der Waals surface area contributed by atoms with Gasteiger partial charge in [-0.1, -0.05) is 42.5 Å². The Morgan fingerprint density at radius 3 is 2.62 bits per heavy atom. The van der Waals surface area contributed by atoms with Crippen LogP contribution in [0.1, 0.15) is 5.56 Å². The molecular weight excluding hydrogens is 306 g/mol. The Labute approximate surface area is 141 Å². The highest BCUT2D eigenvalue weighted by Crippen LogP contribution is 2.22. The number of aliphatic hydroxyl groups is 1. The molecule has 24 heavy (non-hydrogen) atoms. The predicted molar refractivity (Wildman–Crippen MR) is 92.9 cm³/mol. The standard InChI is InChI=1S/C19H21NO4/c1-23-19(22)18(14-21)20-12-6-8-15-7-5-11-17(13-15)24-16-9-3-2-4-10-16/h2-11,13,18,20-21H,12,14H2,1H3/t18-/m0/s1. The van der Waals surface area contributed by atoms with Crippen LogP contribution in [0, 0.1) is 0 Å². The van der Waals surface area contributed by atoms with Gasteiger partial charge < -0.3 is 14.6 Å². The van der Waals surface area contributed by atoms with E-state index in [1.807, 2.05) is 66.7 Å². The molecule has 0 aliphatic heterocycles. The average Bonchev–Trinajstić information content (AvgIpc) is 2.62. The van der Waals surface area contributed by atoms with Gasteiger partial charge in [-0.2, -0.15) is 0 Å². The monoisotopic (exact) mass is 327 g/mol. The van der Waals surface area contributed by atoms with E-state index in [1.54, 1.807) is 0 Å². The Morgan fingerprint density at radius 1 is 1.17 bits per heavy atom.